The number of aromatic nitrogens is 1. The number of thioether (sulfide) groups is 1. The van der Waals surface area contributed by atoms with Crippen LogP contribution in [-0.2, 0) is 15.3 Å². The fourth-order valence-corrected chi connectivity index (χ4v) is 4.50. The normalized spacial score (nSPS) is 13.9. The minimum atomic E-state index is -0.445. The first-order valence-corrected chi connectivity index (χ1v) is 10.1. The van der Waals surface area contributed by atoms with Gasteiger partial charge in [0, 0.05) is 29.9 Å². The summed E-state index contributed by atoms with van der Waals surface area (Å²) in [6, 6.07) is 7.35. The molecule has 25 heavy (non-hydrogen) atoms. The largest absolute Gasteiger partial charge is 0.452 e. The van der Waals surface area contributed by atoms with Gasteiger partial charge in [-0.3, -0.25) is 4.79 Å². The number of hydrogen-bond acceptors (Lipinski definition) is 6. The number of benzene rings is 1. The summed E-state index contributed by atoms with van der Waals surface area (Å²) in [7, 11) is 0. The monoisotopic (exact) mass is 376 g/mol. The summed E-state index contributed by atoms with van der Waals surface area (Å²) in [5.41, 5.74) is 2.40. The molecular weight excluding hydrogens is 356 g/mol. The number of amides is 1. The van der Waals surface area contributed by atoms with E-state index >= 15 is 0 Å². The third-order valence-electron chi connectivity index (χ3n) is 3.97. The maximum Gasteiger partial charge on any atom is 0.338 e. The molecule has 7 heteroatoms. The predicted molar refractivity (Wildman–Crippen MR) is 99.0 cm³/mol. The maximum absolute atomic E-state index is 12.4. The quantitative estimate of drug-likeness (QED) is 0.570. The molecule has 5 nitrogen and oxygen atoms in total. The van der Waals surface area contributed by atoms with Crippen LogP contribution in [0.5, 0.6) is 0 Å². The van der Waals surface area contributed by atoms with E-state index in [1.54, 1.807) is 40.1 Å². The molecule has 0 unspecified atom stereocenters. The van der Waals surface area contributed by atoms with Gasteiger partial charge in [0.15, 0.2) is 6.61 Å². The van der Waals surface area contributed by atoms with Crippen molar-refractivity contribution in [1.29, 1.82) is 0 Å². The van der Waals surface area contributed by atoms with E-state index in [4.69, 9.17) is 4.74 Å². The number of nitrogens with zero attached hydrogens (tertiary/aromatic N) is 2. The lowest BCUT2D eigenvalue weighted by Crippen LogP contribution is -2.32. The van der Waals surface area contributed by atoms with Crippen LogP contribution in [0, 0.1) is 6.92 Å². The Hall–Kier alpha value is -1.86. The van der Waals surface area contributed by atoms with E-state index in [0.717, 1.165) is 41.5 Å². The number of aryl methyl sites for hydroxylation is 1. The van der Waals surface area contributed by atoms with E-state index in [0.29, 0.717) is 11.3 Å². The molecule has 1 amide bonds. The van der Waals surface area contributed by atoms with Gasteiger partial charge in [0.05, 0.1) is 5.56 Å². The number of esters is 1. The lowest BCUT2D eigenvalue weighted by atomic mass is 10.1. The van der Waals surface area contributed by atoms with Gasteiger partial charge in [-0.25, -0.2) is 9.78 Å². The Labute approximate surface area is 155 Å². The smallest absolute Gasteiger partial charge is 0.338 e. The Bertz CT molecular complexity index is 754. The van der Waals surface area contributed by atoms with E-state index in [-0.39, 0.29) is 12.5 Å². The Morgan fingerprint density at radius 1 is 1.28 bits per heavy atom. The van der Waals surface area contributed by atoms with Crippen LogP contribution >= 0.6 is 23.1 Å². The number of carbonyl (C=O) groups excluding carboxylic acids is 2. The molecule has 0 atom stereocenters. The van der Waals surface area contributed by atoms with Crippen LogP contribution in [0.15, 0.2) is 34.0 Å². The number of ether oxygens (including phenoxy) is 1. The van der Waals surface area contributed by atoms with Gasteiger partial charge < -0.3 is 9.64 Å². The molecule has 1 saturated heterocycles. The second kappa shape index (κ2) is 8.49. The van der Waals surface area contributed by atoms with E-state index in [2.05, 4.69) is 4.98 Å². The van der Waals surface area contributed by atoms with E-state index in [1.165, 1.54) is 0 Å². The van der Waals surface area contributed by atoms with Crippen LogP contribution in [0.2, 0.25) is 0 Å². The highest BCUT2D eigenvalue weighted by molar-refractivity contribution is 8.00. The number of thiazole rings is 1. The van der Waals surface area contributed by atoms with Crippen molar-refractivity contribution in [2.45, 2.75) is 29.9 Å². The average molecular weight is 377 g/mol. The van der Waals surface area contributed by atoms with Crippen molar-refractivity contribution in [3.8, 4) is 0 Å². The minimum absolute atomic E-state index is 0.115. The number of hydrogen-bond donors (Lipinski definition) is 0. The maximum atomic E-state index is 12.4. The first kappa shape index (κ1) is 17.9. The lowest BCUT2D eigenvalue weighted by Gasteiger charge is -2.15. The summed E-state index contributed by atoms with van der Waals surface area (Å²) >= 11 is 3.19. The zero-order valence-corrected chi connectivity index (χ0v) is 15.7. The molecular formula is C18H20N2O3S2. The van der Waals surface area contributed by atoms with E-state index in [9.17, 15) is 9.59 Å². The molecule has 1 aromatic carbocycles. The summed E-state index contributed by atoms with van der Waals surface area (Å²) in [6.45, 7) is 3.29. The third-order valence-corrected chi connectivity index (χ3v) is 6.16. The van der Waals surface area contributed by atoms with Crippen molar-refractivity contribution in [2.24, 2.45) is 0 Å². The summed E-state index contributed by atoms with van der Waals surface area (Å²) in [5, 5.41) is 2.01. The first-order valence-electron chi connectivity index (χ1n) is 8.21. The predicted octanol–water partition coefficient (Wildman–Crippen LogP) is 3.52. The van der Waals surface area contributed by atoms with Crippen molar-refractivity contribution in [1.82, 2.24) is 9.88 Å². The van der Waals surface area contributed by atoms with Gasteiger partial charge in [-0.1, -0.05) is 30.0 Å². The van der Waals surface area contributed by atoms with Crippen LogP contribution in [-0.4, -0.2) is 41.5 Å². The van der Waals surface area contributed by atoms with Crippen molar-refractivity contribution in [3.05, 3.63) is 46.5 Å². The van der Waals surface area contributed by atoms with Gasteiger partial charge >= 0.3 is 5.97 Å². The Morgan fingerprint density at radius 3 is 2.76 bits per heavy atom. The number of rotatable bonds is 6. The topological polar surface area (TPSA) is 59.5 Å². The molecule has 2 aromatic rings. The highest BCUT2D eigenvalue weighted by atomic mass is 32.2. The molecule has 1 aliphatic heterocycles. The highest BCUT2D eigenvalue weighted by Gasteiger charge is 2.20. The molecule has 0 saturated carbocycles. The van der Waals surface area contributed by atoms with Crippen molar-refractivity contribution in [2.75, 3.05) is 19.7 Å². The molecule has 0 bridgehead atoms. The fourth-order valence-electron chi connectivity index (χ4n) is 2.65. The lowest BCUT2D eigenvalue weighted by molar-refractivity contribution is -0.133. The Kier molecular flexibility index (Phi) is 6.09. The third kappa shape index (κ3) is 4.83. The Morgan fingerprint density at radius 2 is 2.04 bits per heavy atom. The second-order valence-corrected chi connectivity index (χ2v) is 7.95. The van der Waals surface area contributed by atoms with Gasteiger partial charge in [0.1, 0.15) is 4.34 Å². The van der Waals surface area contributed by atoms with Gasteiger partial charge in [0.2, 0.25) is 0 Å². The van der Waals surface area contributed by atoms with Crippen molar-refractivity contribution >= 4 is 35.0 Å². The molecule has 1 aromatic heterocycles. The number of carbonyl (C=O) groups is 2. The molecule has 1 aliphatic rings. The molecule has 1 fully saturated rings. The van der Waals surface area contributed by atoms with Crippen molar-refractivity contribution in [3.63, 3.8) is 0 Å². The van der Waals surface area contributed by atoms with Gasteiger partial charge in [-0.05, 0) is 31.4 Å². The minimum Gasteiger partial charge on any atom is -0.452 e. The first-order chi connectivity index (χ1) is 12.1. The Balaban J connectivity index is 1.59. The van der Waals surface area contributed by atoms with Crippen molar-refractivity contribution < 1.29 is 14.3 Å². The molecule has 132 valence electrons. The molecule has 2 heterocycles. The van der Waals surface area contributed by atoms with Crippen LogP contribution in [0.4, 0.5) is 0 Å². The highest BCUT2D eigenvalue weighted by Crippen LogP contribution is 2.27. The van der Waals surface area contributed by atoms with E-state index < -0.39 is 5.97 Å². The van der Waals surface area contributed by atoms with Gasteiger partial charge in [-0.15, -0.1) is 11.3 Å². The van der Waals surface area contributed by atoms with Crippen LogP contribution in [0.3, 0.4) is 0 Å². The fraction of sp³-hybridized carbons (Fsp3) is 0.389. The summed E-state index contributed by atoms with van der Waals surface area (Å²) in [6.07, 6.45) is 2.05. The van der Waals surface area contributed by atoms with E-state index in [1.807, 2.05) is 24.4 Å². The SMILES string of the molecule is Cc1csc(SCc2ccccc2C(=O)OCC(=O)N2CCCC2)n1. The standard InChI is InChI=1S/C18H20N2O3S2/c1-13-11-24-18(19-13)25-12-14-6-2-3-7-15(14)17(22)23-10-16(21)20-8-4-5-9-20/h2-3,6-7,11H,4-5,8-10,12H2,1H3. The van der Waals surface area contributed by atoms with Crippen LogP contribution < -0.4 is 0 Å². The zero-order chi connectivity index (χ0) is 17.6. The summed E-state index contributed by atoms with van der Waals surface area (Å²) in [5.74, 6) is 0.0770. The average Bonchev–Trinajstić information content (AvgIpc) is 3.29. The summed E-state index contributed by atoms with van der Waals surface area (Å²) in [4.78, 5) is 30.6. The molecule has 0 aliphatic carbocycles. The zero-order valence-electron chi connectivity index (χ0n) is 14.1. The summed E-state index contributed by atoms with van der Waals surface area (Å²) < 4.78 is 6.22. The second-order valence-electron chi connectivity index (χ2n) is 5.86. The van der Waals surface area contributed by atoms with Crippen LogP contribution in [0.25, 0.3) is 0 Å². The number of likely N-dealkylation sites (tertiary alicyclic amines) is 1. The molecule has 0 radical (unpaired) electrons. The van der Waals surface area contributed by atoms with Gasteiger partial charge in [-0.2, -0.15) is 0 Å². The van der Waals surface area contributed by atoms with Crippen LogP contribution in [0.1, 0.15) is 34.5 Å². The molecule has 3 rings (SSSR count). The van der Waals surface area contributed by atoms with Gasteiger partial charge in [0.25, 0.3) is 5.91 Å². The molecule has 0 spiro atoms. The molecule has 0 N–H and O–H groups in total.